The molecule has 1 atom stereocenters. The molecule has 0 saturated heterocycles. The van der Waals surface area contributed by atoms with Gasteiger partial charge in [0.2, 0.25) is 0 Å². The zero-order valence-electron chi connectivity index (χ0n) is 8.95. The molecule has 3 nitrogen and oxygen atoms in total. The summed E-state index contributed by atoms with van der Waals surface area (Å²) < 4.78 is 10.6. The van der Waals surface area contributed by atoms with Gasteiger partial charge in [-0.15, -0.1) is 0 Å². The third kappa shape index (κ3) is 3.52. The van der Waals surface area contributed by atoms with Crippen LogP contribution in [0.2, 0.25) is 0 Å². The molecule has 1 aromatic heterocycles. The lowest BCUT2D eigenvalue weighted by Gasteiger charge is -2.14. The zero-order valence-corrected chi connectivity index (χ0v) is 8.95. The molecule has 0 fully saturated rings. The normalized spacial score (nSPS) is 13.0. The van der Waals surface area contributed by atoms with Gasteiger partial charge < -0.3 is 14.5 Å². The summed E-state index contributed by atoms with van der Waals surface area (Å²) >= 11 is 0. The summed E-state index contributed by atoms with van der Waals surface area (Å²) in [6, 6.07) is 4.23. The summed E-state index contributed by atoms with van der Waals surface area (Å²) in [7, 11) is 0. The van der Waals surface area contributed by atoms with Gasteiger partial charge in [0.05, 0.1) is 18.9 Å². The topological polar surface area (TPSA) is 34.4 Å². The summed E-state index contributed by atoms with van der Waals surface area (Å²) in [5.74, 6) is 1.00. The minimum Gasteiger partial charge on any atom is -0.468 e. The van der Waals surface area contributed by atoms with Crippen LogP contribution in [0.25, 0.3) is 0 Å². The highest BCUT2D eigenvalue weighted by atomic mass is 16.5. The first kappa shape index (κ1) is 11.3. The van der Waals surface area contributed by atoms with Gasteiger partial charge in [0.25, 0.3) is 0 Å². The van der Waals surface area contributed by atoms with Gasteiger partial charge in [-0.2, -0.15) is 0 Å². The summed E-state index contributed by atoms with van der Waals surface area (Å²) in [5, 5.41) is 3.39. The number of rotatable bonds is 7. The van der Waals surface area contributed by atoms with E-state index in [0.717, 1.165) is 31.9 Å². The predicted molar refractivity (Wildman–Crippen MR) is 56.2 cm³/mol. The van der Waals surface area contributed by atoms with Crippen molar-refractivity contribution in [2.24, 2.45) is 0 Å². The quantitative estimate of drug-likeness (QED) is 0.681. The second-order valence-electron chi connectivity index (χ2n) is 3.13. The lowest BCUT2D eigenvalue weighted by Crippen LogP contribution is -2.24. The van der Waals surface area contributed by atoms with Crippen molar-refractivity contribution in [3.05, 3.63) is 24.2 Å². The van der Waals surface area contributed by atoms with Crippen LogP contribution in [0.1, 0.15) is 32.1 Å². The van der Waals surface area contributed by atoms with Crippen molar-refractivity contribution in [2.75, 3.05) is 19.8 Å². The average molecular weight is 197 g/mol. The summed E-state index contributed by atoms with van der Waals surface area (Å²) in [6.07, 6.45) is 2.74. The molecule has 0 spiro atoms. The maximum atomic E-state index is 5.34. The number of hydrogen-bond donors (Lipinski definition) is 1. The van der Waals surface area contributed by atoms with Crippen molar-refractivity contribution < 1.29 is 9.15 Å². The number of hydrogen-bond acceptors (Lipinski definition) is 3. The van der Waals surface area contributed by atoms with Gasteiger partial charge in [0.15, 0.2) is 0 Å². The molecule has 0 radical (unpaired) electrons. The second kappa shape index (κ2) is 6.62. The molecule has 14 heavy (non-hydrogen) atoms. The van der Waals surface area contributed by atoms with E-state index in [2.05, 4.69) is 12.2 Å². The highest BCUT2D eigenvalue weighted by Crippen LogP contribution is 2.15. The van der Waals surface area contributed by atoms with E-state index in [9.17, 15) is 0 Å². The van der Waals surface area contributed by atoms with Gasteiger partial charge >= 0.3 is 0 Å². The molecule has 3 heteroatoms. The first-order valence-electron chi connectivity index (χ1n) is 5.23. The van der Waals surface area contributed by atoms with E-state index in [0.29, 0.717) is 6.04 Å². The Morgan fingerprint density at radius 1 is 1.50 bits per heavy atom. The van der Waals surface area contributed by atoms with Crippen molar-refractivity contribution in [1.82, 2.24) is 5.32 Å². The van der Waals surface area contributed by atoms with Gasteiger partial charge in [0, 0.05) is 13.2 Å². The molecule has 0 saturated carbocycles. The minimum atomic E-state index is 0.311. The molecule has 0 amide bonds. The van der Waals surface area contributed by atoms with Crippen molar-refractivity contribution in [2.45, 2.75) is 26.3 Å². The molecule has 1 N–H and O–H groups in total. The maximum absolute atomic E-state index is 5.34. The van der Waals surface area contributed by atoms with Crippen molar-refractivity contribution >= 4 is 0 Å². The van der Waals surface area contributed by atoms with E-state index >= 15 is 0 Å². The molecule has 80 valence electrons. The van der Waals surface area contributed by atoms with Crippen LogP contribution in [0.15, 0.2) is 22.8 Å². The Balaban J connectivity index is 2.26. The zero-order chi connectivity index (χ0) is 10.2. The fourth-order valence-electron chi connectivity index (χ4n) is 1.39. The first-order valence-corrected chi connectivity index (χ1v) is 5.23. The first-order chi connectivity index (χ1) is 6.88. The summed E-state index contributed by atoms with van der Waals surface area (Å²) in [5.41, 5.74) is 0. The van der Waals surface area contributed by atoms with E-state index in [1.54, 1.807) is 6.26 Å². The van der Waals surface area contributed by atoms with Gasteiger partial charge in [-0.05, 0) is 25.5 Å². The standard InChI is InChI=1S/C11H19NO2/c1-3-10(11-6-5-8-14-11)12-7-9-13-4-2/h5-6,8,10,12H,3-4,7,9H2,1-2H3. The van der Waals surface area contributed by atoms with Gasteiger partial charge in [-0.1, -0.05) is 6.92 Å². The molecule has 1 unspecified atom stereocenters. The minimum absolute atomic E-state index is 0.311. The molecule has 1 rings (SSSR count). The van der Waals surface area contributed by atoms with E-state index in [1.807, 2.05) is 19.1 Å². The second-order valence-corrected chi connectivity index (χ2v) is 3.13. The van der Waals surface area contributed by atoms with Gasteiger partial charge in [-0.3, -0.25) is 0 Å². The average Bonchev–Trinajstić information content (AvgIpc) is 2.71. The molecule has 1 aromatic rings. The van der Waals surface area contributed by atoms with E-state index in [1.165, 1.54) is 0 Å². The molecule has 1 heterocycles. The summed E-state index contributed by atoms with van der Waals surface area (Å²) in [4.78, 5) is 0. The van der Waals surface area contributed by atoms with E-state index < -0.39 is 0 Å². The van der Waals surface area contributed by atoms with Crippen LogP contribution in [0, 0.1) is 0 Å². The number of ether oxygens (including phenoxy) is 1. The Morgan fingerprint density at radius 3 is 2.93 bits per heavy atom. The Morgan fingerprint density at radius 2 is 2.36 bits per heavy atom. The van der Waals surface area contributed by atoms with Crippen LogP contribution in [-0.4, -0.2) is 19.8 Å². The number of nitrogens with one attached hydrogen (secondary N) is 1. The highest BCUT2D eigenvalue weighted by Gasteiger charge is 2.09. The van der Waals surface area contributed by atoms with Crippen molar-refractivity contribution in [3.63, 3.8) is 0 Å². The van der Waals surface area contributed by atoms with Crippen LogP contribution in [-0.2, 0) is 4.74 Å². The van der Waals surface area contributed by atoms with Crippen LogP contribution in [0.5, 0.6) is 0 Å². The fraction of sp³-hybridized carbons (Fsp3) is 0.636. The third-order valence-electron chi connectivity index (χ3n) is 2.14. The Kier molecular flexibility index (Phi) is 5.33. The monoisotopic (exact) mass is 197 g/mol. The molecule has 0 aliphatic heterocycles. The number of furan rings is 1. The van der Waals surface area contributed by atoms with Gasteiger partial charge in [0.1, 0.15) is 5.76 Å². The molecule has 0 bridgehead atoms. The third-order valence-corrected chi connectivity index (χ3v) is 2.14. The molecule has 0 aliphatic carbocycles. The lowest BCUT2D eigenvalue weighted by molar-refractivity contribution is 0.145. The highest BCUT2D eigenvalue weighted by molar-refractivity contribution is 5.03. The fourth-order valence-corrected chi connectivity index (χ4v) is 1.39. The van der Waals surface area contributed by atoms with E-state index in [4.69, 9.17) is 9.15 Å². The Labute approximate surface area is 85.4 Å². The lowest BCUT2D eigenvalue weighted by atomic mass is 10.2. The van der Waals surface area contributed by atoms with Crippen LogP contribution >= 0.6 is 0 Å². The Hall–Kier alpha value is -0.800. The van der Waals surface area contributed by atoms with Crippen molar-refractivity contribution in [1.29, 1.82) is 0 Å². The molecule has 0 aliphatic rings. The largest absolute Gasteiger partial charge is 0.468 e. The van der Waals surface area contributed by atoms with E-state index in [-0.39, 0.29) is 0 Å². The van der Waals surface area contributed by atoms with Gasteiger partial charge in [-0.25, -0.2) is 0 Å². The maximum Gasteiger partial charge on any atom is 0.120 e. The SMILES string of the molecule is CCOCCNC(CC)c1ccco1. The summed E-state index contributed by atoms with van der Waals surface area (Å²) in [6.45, 7) is 6.55. The molecule has 0 aromatic carbocycles. The van der Waals surface area contributed by atoms with Crippen molar-refractivity contribution in [3.8, 4) is 0 Å². The van der Waals surface area contributed by atoms with Crippen LogP contribution in [0.4, 0.5) is 0 Å². The molecular formula is C11H19NO2. The van der Waals surface area contributed by atoms with Crippen LogP contribution in [0.3, 0.4) is 0 Å². The molecular weight excluding hydrogens is 178 g/mol. The van der Waals surface area contributed by atoms with Crippen LogP contribution < -0.4 is 5.32 Å². The smallest absolute Gasteiger partial charge is 0.120 e. The Bertz CT molecular complexity index is 221. The predicted octanol–water partition coefficient (Wildman–Crippen LogP) is 2.36.